The normalized spacial score (nSPS) is 15.3. The summed E-state index contributed by atoms with van der Waals surface area (Å²) in [6.45, 7) is 0.0861. The minimum atomic E-state index is -0.392. The lowest BCUT2D eigenvalue weighted by molar-refractivity contribution is -0.123. The Hall–Kier alpha value is -3.32. The first kappa shape index (κ1) is 20.0. The molecule has 1 aliphatic rings. The first-order valence-electron chi connectivity index (χ1n) is 9.14. The number of methoxy groups -OCH3 is 2. The van der Waals surface area contributed by atoms with Gasteiger partial charge in [-0.15, -0.1) is 0 Å². The Labute approximate surface area is 177 Å². The van der Waals surface area contributed by atoms with Crippen molar-refractivity contribution in [2.45, 2.75) is 6.54 Å². The minimum absolute atomic E-state index is 0.0861. The van der Waals surface area contributed by atoms with E-state index in [4.69, 9.17) is 9.47 Å². The number of benzene rings is 3. The average Bonchev–Trinajstić information content (AvgIpc) is 3.02. The van der Waals surface area contributed by atoms with E-state index in [1.807, 2.05) is 30.3 Å². The maximum Gasteiger partial charge on any atom is 0.293 e. The Balaban J connectivity index is 1.72. The molecule has 1 aliphatic heterocycles. The van der Waals surface area contributed by atoms with E-state index in [1.54, 1.807) is 32.4 Å². The van der Waals surface area contributed by atoms with Crippen LogP contribution in [0.2, 0.25) is 0 Å². The number of nitrogens with zero attached hydrogens (tertiary/aromatic N) is 1. The summed E-state index contributed by atoms with van der Waals surface area (Å²) in [5, 5.41) is 1.43. The summed E-state index contributed by atoms with van der Waals surface area (Å²) >= 11 is 0.874. The number of hydrogen-bond acceptors (Lipinski definition) is 5. The van der Waals surface area contributed by atoms with Crippen molar-refractivity contribution in [3.63, 3.8) is 0 Å². The second kappa shape index (κ2) is 8.20. The van der Waals surface area contributed by atoms with Crippen LogP contribution in [0.25, 0.3) is 16.8 Å². The second-order valence-corrected chi connectivity index (χ2v) is 7.66. The van der Waals surface area contributed by atoms with Crippen molar-refractivity contribution in [2.75, 3.05) is 14.2 Å². The van der Waals surface area contributed by atoms with Crippen LogP contribution >= 0.6 is 11.8 Å². The molecule has 1 fully saturated rings. The predicted molar refractivity (Wildman–Crippen MR) is 115 cm³/mol. The largest absolute Gasteiger partial charge is 0.497 e. The zero-order chi connectivity index (χ0) is 21.3. The Bertz CT molecular complexity index is 1170. The van der Waals surface area contributed by atoms with Gasteiger partial charge in [0.15, 0.2) is 0 Å². The number of fused-ring (bicyclic) bond motifs is 1. The van der Waals surface area contributed by atoms with Gasteiger partial charge in [-0.1, -0.05) is 24.3 Å². The fraction of sp³-hybridized carbons (Fsp3) is 0.130. The maximum absolute atomic E-state index is 13.1. The van der Waals surface area contributed by atoms with Gasteiger partial charge in [0.25, 0.3) is 11.1 Å². The van der Waals surface area contributed by atoms with Crippen molar-refractivity contribution in [1.82, 2.24) is 4.90 Å². The Kier molecular flexibility index (Phi) is 5.46. The lowest BCUT2D eigenvalue weighted by Crippen LogP contribution is -2.27. The van der Waals surface area contributed by atoms with Crippen molar-refractivity contribution < 1.29 is 23.5 Å². The highest BCUT2D eigenvalue weighted by Crippen LogP contribution is 2.38. The van der Waals surface area contributed by atoms with Gasteiger partial charge in [-0.25, -0.2) is 4.39 Å². The molecule has 0 aromatic heterocycles. The van der Waals surface area contributed by atoms with E-state index in [-0.39, 0.29) is 17.6 Å². The highest BCUT2D eigenvalue weighted by molar-refractivity contribution is 8.18. The van der Waals surface area contributed by atoms with Crippen molar-refractivity contribution >= 4 is 39.8 Å². The van der Waals surface area contributed by atoms with E-state index >= 15 is 0 Å². The molecule has 3 aromatic rings. The van der Waals surface area contributed by atoms with Crippen LogP contribution in [0.4, 0.5) is 9.18 Å². The third kappa shape index (κ3) is 3.76. The highest BCUT2D eigenvalue weighted by atomic mass is 32.2. The number of carbonyl (C=O) groups excluding carboxylic acids is 2. The Morgan fingerprint density at radius 3 is 2.43 bits per heavy atom. The summed E-state index contributed by atoms with van der Waals surface area (Å²) in [5.74, 6) is 0.499. The molecule has 0 saturated carbocycles. The van der Waals surface area contributed by atoms with Crippen LogP contribution in [-0.2, 0) is 11.3 Å². The van der Waals surface area contributed by atoms with E-state index in [2.05, 4.69) is 0 Å². The molecule has 1 heterocycles. The fourth-order valence-electron chi connectivity index (χ4n) is 3.30. The van der Waals surface area contributed by atoms with Crippen LogP contribution in [0.3, 0.4) is 0 Å². The van der Waals surface area contributed by atoms with Gasteiger partial charge in [0.05, 0.1) is 25.7 Å². The Morgan fingerprint density at radius 1 is 1.00 bits per heavy atom. The molecular weight excluding hydrogens is 405 g/mol. The number of rotatable bonds is 5. The molecule has 5 nitrogen and oxygen atoms in total. The summed E-state index contributed by atoms with van der Waals surface area (Å²) in [5.41, 5.74) is 1.37. The lowest BCUT2D eigenvalue weighted by Gasteiger charge is -2.13. The van der Waals surface area contributed by atoms with Gasteiger partial charge >= 0.3 is 0 Å². The zero-order valence-electron chi connectivity index (χ0n) is 16.3. The van der Waals surface area contributed by atoms with Gasteiger partial charge in [-0.05, 0) is 64.5 Å². The molecule has 4 rings (SSSR count). The molecule has 1 saturated heterocycles. The average molecular weight is 423 g/mol. The molecular formula is C23H18FNO4S. The second-order valence-electron chi connectivity index (χ2n) is 6.66. The van der Waals surface area contributed by atoms with Gasteiger partial charge in [-0.3, -0.25) is 14.5 Å². The molecule has 0 bridgehead atoms. The number of hydrogen-bond donors (Lipinski definition) is 0. The van der Waals surface area contributed by atoms with E-state index in [1.165, 1.54) is 12.1 Å². The molecule has 0 atom stereocenters. The number of imide groups is 1. The van der Waals surface area contributed by atoms with E-state index < -0.39 is 5.91 Å². The zero-order valence-corrected chi connectivity index (χ0v) is 17.2. The lowest BCUT2D eigenvalue weighted by atomic mass is 10.0. The van der Waals surface area contributed by atoms with Crippen LogP contribution in [0, 0.1) is 5.82 Å². The summed E-state index contributed by atoms with van der Waals surface area (Å²) in [6.07, 6.45) is 1.68. The molecule has 0 spiro atoms. The number of thioether (sulfide) groups is 1. The molecule has 152 valence electrons. The van der Waals surface area contributed by atoms with Crippen LogP contribution in [0.1, 0.15) is 11.1 Å². The van der Waals surface area contributed by atoms with Gasteiger partial charge in [0, 0.05) is 5.56 Å². The van der Waals surface area contributed by atoms with Crippen molar-refractivity contribution in [3.05, 3.63) is 76.4 Å². The van der Waals surface area contributed by atoms with Crippen LogP contribution in [0.5, 0.6) is 11.5 Å². The summed E-state index contributed by atoms with van der Waals surface area (Å²) in [6, 6.07) is 15.1. The smallest absolute Gasteiger partial charge is 0.293 e. The molecule has 0 N–H and O–H groups in total. The van der Waals surface area contributed by atoms with Gasteiger partial charge < -0.3 is 9.47 Å². The first-order valence-corrected chi connectivity index (χ1v) is 9.96. The summed E-state index contributed by atoms with van der Waals surface area (Å²) in [4.78, 5) is 26.9. The van der Waals surface area contributed by atoms with E-state index in [0.717, 1.165) is 27.4 Å². The highest BCUT2D eigenvalue weighted by Gasteiger charge is 2.35. The van der Waals surface area contributed by atoms with E-state index in [0.29, 0.717) is 27.5 Å². The summed E-state index contributed by atoms with van der Waals surface area (Å²) < 4.78 is 24.0. The first-order chi connectivity index (χ1) is 14.5. The predicted octanol–water partition coefficient (Wildman–Crippen LogP) is 5.23. The number of halogens is 1. The topological polar surface area (TPSA) is 55.8 Å². The molecule has 0 unspecified atom stereocenters. The third-order valence-electron chi connectivity index (χ3n) is 4.85. The van der Waals surface area contributed by atoms with Crippen molar-refractivity contribution in [3.8, 4) is 11.5 Å². The molecule has 2 amide bonds. The fourth-order valence-corrected chi connectivity index (χ4v) is 4.12. The van der Waals surface area contributed by atoms with Crippen LogP contribution < -0.4 is 9.47 Å². The molecule has 3 aromatic carbocycles. The van der Waals surface area contributed by atoms with Gasteiger partial charge in [0.1, 0.15) is 17.3 Å². The van der Waals surface area contributed by atoms with Crippen LogP contribution in [0.15, 0.2) is 59.5 Å². The number of carbonyl (C=O) groups is 2. The number of amides is 2. The van der Waals surface area contributed by atoms with Crippen molar-refractivity contribution in [1.29, 1.82) is 0 Å². The Morgan fingerprint density at radius 2 is 1.73 bits per heavy atom. The number of ether oxygens (including phenoxy) is 2. The molecule has 0 radical (unpaired) electrons. The maximum atomic E-state index is 13.1. The quantitative estimate of drug-likeness (QED) is 0.526. The van der Waals surface area contributed by atoms with Crippen LogP contribution in [-0.4, -0.2) is 30.3 Å². The SMILES string of the molecule is COc1ccc2ccc(OC)c(/C=C3/SC(=O)N(Cc4ccc(F)cc4)C3=O)c2c1. The monoisotopic (exact) mass is 423 g/mol. The van der Waals surface area contributed by atoms with Crippen molar-refractivity contribution in [2.24, 2.45) is 0 Å². The molecule has 0 aliphatic carbocycles. The third-order valence-corrected chi connectivity index (χ3v) is 5.76. The van der Waals surface area contributed by atoms with Gasteiger partial charge in [0.2, 0.25) is 0 Å². The molecule has 7 heteroatoms. The minimum Gasteiger partial charge on any atom is -0.497 e. The molecule has 30 heavy (non-hydrogen) atoms. The standard InChI is InChI=1S/C23H18FNO4S/c1-28-17-9-5-15-6-10-20(29-2)19(18(15)11-17)12-21-22(26)25(23(27)30-21)13-14-3-7-16(24)8-4-14/h3-12H,13H2,1-2H3/b21-12+. The summed E-state index contributed by atoms with van der Waals surface area (Å²) in [7, 11) is 3.14. The van der Waals surface area contributed by atoms with E-state index in [9.17, 15) is 14.0 Å². The van der Waals surface area contributed by atoms with Gasteiger partial charge in [-0.2, -0.15) is 0 Å².